The lowest BCUT2D eigenvalue weighted by Gasteiger charge is -2.36. The lowest BCUT2D eigenvalue weighted by atomic mass is 9.84. The first-order valence-corrected chi connectivity index (χ1v) is 10.3. The molecule has 29 heavy (non-hydrogen) atoms. The number of halogens is 1. The van der Waals surface area contributed by atoms with Crippen LogP contribution in [0.1, 0.15) is 49.7 Å². The number of ether oxygens (including phenoxy) is 1. The summed E-state index contributed by atoms with van der Waals surface area (Å²) in [6, 6.07) is 5.97. The monoisotopic (exact) mass is 423 g/mol. The summed E-state index contributed by atoms with van der Waals surface area (Å²) in [6.45, 7) is 5.99. The second-order valence-electron chi connectivity index (χ2n) is 8.37. The Balaban J connectivity index is 0.00000300. The van der Waals surface area contributed by atoms with E-state index in [0.717, 1.165) is 50.0 Å². The Morgan fingerprint density at radius 3 is 2.28 bits per heavy atom. The molecule has 3 rings (SSSR count). The largest absolute Gasteiger partial charge is 0.368 e. The van der Waals surface area contributed by atoms with Crippen molar-refractivity contribution in [1.82, 2.24) is 10.6 Å². The summed E-state index contributed by atoms with van der Waals surface area (Å²) in [5, 5.41) is 9.41. The van der Waals surface area contributed by atoms with Crippen molar-refractivity contribution in [3.8, 4) is 0 Å². The van der Waals surface area contributed by atoms with Crippen LogP contribution in [0.15, 0.2) is 18.2 Å². The van der Waals surface area contributed by atoms with E-state index in [-0.39, 0.29) is 24.2 Å². The maximum atomic E-state index is 13.2. The van der Waals surface area contributed by atoms with E-state index in [2.05, 4.69) is 22.9 Å². The highest BCUT2D eigenvalue weighted by atomic mass is 35.5. The van der Waals surface area contributed by atoms with Gasteiger partial charge >= 0.3 is 0 Å². The molecule has 2 amide bonds. The molecule has 1 aliphatic heterocycles. The number of methoxy groups -OCH3 is 1. The molecular formula is C22H34ClN3O3. The molecule has 7 heteroatoms. The number of piperidine rings is 1. The maximum absolute atomic E-state index is 13.2. The number of hydrogen-bond donors (Lipinski definition) is 3. The zero-order valence-corrected chi connectivity index (χ0v) is 18.5. The van der Waals surface area contributed by atoms with Crippen molar-refractivity contribution in [2.24, 2.45) is 5.41 Å². The minimum Gasteiger partial charge on any atom is -0.368 e. The van der Waals surface area contributed by atoms with Crippen LogP contribution in [0.3, 0.4) is 0 Å². The average molecular weight is 424 g/mol. The Morgan fingerprint density at radius 2 is 1.69 bits per heavy atom. The molecule has 1 saturated heterocycles. The zero-order valence-electron chi connectivity index (χ0n) is 17.7. The normalized spacial score (nSPS) is 19.8. The van der Waals surface area contributed by atoms with Gasteiger partial charge in [-0.05, 0) is 75.9 Å². The van der Waals surface area contributed by atoms with E-state index in [1.54, 1.807) is 7.11 Å². The molecule has 1 saturated carbocycles. The molecule has 1 aromatic carbocycles. The van der Waals surface area contributed by atoms with E-state index in [9.17, 15) is 9.59 Å². The van der Waals surface area contributed by atoms with Gasteiger partial charge in [0.05, 0.1) is 5.41 Å². The first-order chi connectivity index (χ1) is 13.4. The molecule has 1 aliphatic carbocycles. The van der Waals surface area contributed by atoms with E-state index in [0.29, 0.717) is 19.4 Å². The van der Waals surface area contributed by atoms with Crippen LogP contribution in [-0.4, -0.2) is 44.2 Å². The van der Waals surface area contributed by atoms with Gasteiger partial charge in [0.2, 0.25) is 5.91 Å². The summed E-state index contributed by atoms with van der Waals surface area (Å²) < 4.78 is 5.62. The van der Waals surface area contributed by atoms with Crippen molar-refractivity contribution in [2.75, 3.05) is 32.1 Å². The minimum atomic E-state index is -0.782. The first kappa shape index (κ1) is 23.6. The zero-order chi connectivity index (χ0) is 20.2. The van der Waals surface area contributed by atoms with Crippen LogP contribution in [0.2, 0.25) is 0 Å². The number of amides is 2. The highest BCUT2D eigenvalue weighted by Crippen LogP contribution is 2.39. The van der Waals surface area contributed by atoms with E-state index >= 15 is 0 Å². The fraction of sp³-hybridized carbons (Fsp3) is 0.636. The Kier molecular flexibility index (Phi) is 8.09. The molecule has 3 N–H and O–H groups in total. The second-order valence-corrected chi connectivity index (χ2v) is 8.37. The summed E-state index contributed by atoms with van der Waals surface area (Å²) in [5.41, 5.74) is 1.84. The quantitative estimate of drug-likeness (QED) is 0.656. The summed E-state index contributed by atoms with van der Waals surface area (Å²) in [5.74, 6) is -0.0907. The maximum Gasteiger partial charge on any atom is 0.252 e. The molecule has 0 unspecified atom stereocenters. The third-order valence-electron chi connectivity index (χ3n) is 6.61. The van der Waals surface area contributed by atoms with Crippen molar-refractivity contribution >= 4 is 29.9 Å². The van der Waals surface area contributed by atoms with E-state index in [4.69, 9.17) is 4.74 Å². The molecular weight excluding hydrogens is 390 g/mol. The second kappa shape index (κ2) is 9.92. The number of carbonyl (C=O) groups is 2. The number of rotatable bonds is 6. The van der Waals surface area contributed by atoms with Crippen molar-refractivity contribution in [3.63, 3.8) is 0 Å². The molecule has 0 spiro atoms. The number of aryl methyl sites for hydroxylation is 2. The molecule has 0 atom stereocenters. The number of benzene rings is 1. The average Bonchev–Trinajstić information content (AvgIpc) is 3.20. The SMILES string of the molecule is COC1(C(=O)NCC2(C(=O)Nc3ccc(C)c(C)c3)CCCC2)CCNCC1.Cl. The van der Waals surface area contributed by atoms with Crippen molar-refractivity contribution in [2.45, 2.75) is 58.0 Å². The number of anilines is 1. The Labute approximate surface area is 179 Å². The van der Waals surface area contributed by atoms with Gasteiger partial charge in [-0.15, -0.1) is 12.4 Å². The van der Waals surface area contributed by atoms with E-state index < -0.39 is 11.0 Å². The van der Waals surface area contributed by atoms with Crippen LogP contribution >= 0.6 is 12.4 Å². The van der Waals surface area contributed by atoms with Crippen LogP contribution in [0.4, 0.5) is 5.69 Å². The van der Waals surface area contributed by atoms with Gasteiger partial charge < -0.3 is 20.7 Å². The lowest BCUT2D eigenvalue weighted by Crippen LogP contribution is -2.56. The number of nitrogens with one attached hydrogen (secondary N) is 3. The van der Waals surface area contributed by atoms with Gasteiger partial charge in [0.15, 0.2) is 0 Å². The van der Waals surface area contributed by atoms with Crippen molar-refractivity contribution in [1.29, 1.82) is 0 Å². The van der Waals surface area contributed by atoms with Crippen molar-refractivity contribution in [3.05, 3.63) is 29.3 Å². The predicted octanol–water partition coefficient (Wildman–Crippen LogP) is 3.11. The van der Waals surface area contributed by atoms with Crippen LogP contribution in [0, 0.1) is 19.3 Å². The van der Waals surface area contributed by atoms with Gasteiger partial charge in [0.25, 0.3) is 5.91 Å². The summed E-state index contributed by atoms with van der Waals surface area (Å²) in [6.07, 6.45) is 4.91. The van der Waals surface area contributed by atoms with Crippen LogP contribution in [-0.2, 0) is 14.3 Å². The van der Waals surface area contributed by atoms with Crippen LogP contribution in [0.25, 0.3) is 0 Å². The van der Waals surface area contributed by atoms with Gasteiger partial charge in [-0.25, -0.2) is 0 Å². The van der Waals surface area contributed by atoms with Crippen LogP contribution in [0.5, 0.6) is 0 Å². The van der Waals surface area contributed by atoms with E-state index in [1.807, 2.05) is 25.1 Å². The number of hydrogen-bond acceptors (Lipinski definition) is 4. The molecule has 6 nitrogen and oxygen atoms in total. The fourth-order valence-corrected chi connectivity index (χ4v) is 4.38. The van der Waals surface area contributed by atoms with Gasteiger partial charge in [-0.1, -0.05) is 18.9 Å². The highest BCUT2D eigenvalue weighted by Gasteiger charge is 2.44. The van der Waals surface area contributed by atoms with Crippen molar-refractivity contribution < 1.29 is 14.3 Å². The third-order valence-corrected chi connectivity index (χ3v) is 6.61. The van der Waals surface area contributed by atoms with Gasteiger partial charge in [-0.3, -0.25) is 9.59 Å². The molecule has 0 aromatic heterocycles. The molecule has 162 valence electrons. The van der Waals surface area contributed by atoms with E-state index in [1.165, 1.54) is 5.56 Å². The summed E-state index contributed by atoms with van der Waals surface area (Å²) in [7, 11) is 1.60. The van der Waals surface area contributed by atoms with Gasteiger partial charge in [-0.2, -0.15) is 0 Å². The molecule has 0 bridgehead atoms. The Morgan fingerprint density at radius 1 is 1.03 bits per heavy atom. The minimum absolute atomic E-state index is 0. The molecule has 1 heterocycles. The Hall–Kier alpha value is -1.63. The fourth-order valence-electron chi connectivity index (χ4n) is 4.38. The highest BCUT2D eigenvalue weighted by molar-refractivity contribution is 5.96. The standard InChI is InChI=1S/C22H33N3O3.ClH/c1-16-6-7-18(14-17(16)2)25-19(26)21(8-4-5-9-21)15-24-20(27)22(28-3)10-12-23-13-11-22;/h6-7,14,23H,4-5,8-13,15H2,1-3H3,(H,24,27)(H,25,26);1H. The molecule has 0 radical (unpaired) electrons. The smallest absolute Gasteiger partial charge is 0.252 e. The predicted molar refractivity (Wildman–Crippen MR) is 118 cm³/mol. The third kappa shape index (κ3) is 5.11. The summed E-state index contributed by atoms with van der Waals surface area (Å²) >= 11 is 0. The van der Waals surface area contributed by atoms with Gasteiger partial charge in [0.1, 0.15) is 5.60 Å². The van der Waals surface area contributed by atoms with Gasteiger partial charge in [0, 0.05) is 19.3 Å². The lowest BCUT2D eigenvalue weighted by molar-refractivity contribution is -0.147. The topological polar surface area (TPSA) is 79.5 Å². The number of carbonyl (C=O) groups excluding carboxylic acids is 2. The summed E-state index contributed by atoms with van der Waals surface area (Å²) in [4.78, 5) is 26.1. The molecule has 2 fully saturated rings. The van der Waals surface area contributed by atoms with Crippen LogP contribution < -0.4 is 16.0 Å². The first-order valence-electron chi connectivity index (χ1n) is 10.3. The molecule has 2 aliphatic rings. The Bertz CT molecular complexity index is 726. The molecule has 1 aromatic rings.